The zero-order valence-electron chi connectivity index (χ0n) is 16.2. The number of carbonyl (C=O) groups excluding carboxylic acids is 2. The van der Waals surface area contributed by atoms with Gasteiger partial charge in [0.1, 0.15) is 0 Å². The highest BCUT2D eigenvalue weighted by molar-refractivity contribution is 5.93. The third-order valence-corrected chi connectivity index (χ3v) is 6.11. The number of carbonyl (C=O) groups is 2. The van der Waals surface area contributed by atoms with E-state index in [9.17, 15) is 9.59 Å². The van der Waals surface area contributed by atoms with Crippen LogP contribution in [0.4, 0.5) is 5.69 Å². The van der Waals surface area contributed by atoms with Gasteiger partial charge in [0, 0.05) is 24.3 Å². The van der Waals surface area contributed by atoms with E-state index in [2.05, 4.69) is 10.2 Å². The number of nitrogens with two attached hydrogens (primary N) is 2. The van der Waals surface area contributed by atoms with E-state index in [4.69, 9.17) is 11.5 Å². The normalized spacial score (nSPS) is 29.3. The third kappa shape index (κ3) is 5.08. The molecular weight excluding hydrogens is 340 g/mol. The molecule has 3 rings (SSSR count). The molecule has 5 N–H and O–H groups in total. The Balaban J connectivity index is 1.55. The molecule has 6 heteroatoms. The maximum Gasteiger partial charge on any atom is 0.229 e. The molecule has 2 fully saturated rings. The minimum Gasteiger partial charge on any atom is -0.369 e. The largest absolute Gasteiger partial charge is 0.369 e. The minimum absolute atomic E-state index is 0.0211. The van der Waals surface area contributed by atoms with Gasteiger partial charge in [0.25, 0.3) is 0 Å². The van der Waals surface area contributed by atoms with Crippen molar-refractivity contribution in [3.63, 3.8) is 0 Å². The van der Waals surface area contributed by atoms with E-state index in [1.807, 2.05) is 31.2 Å². The number of likely N-dealkylation sites (tertiary alicyclic amines) is 1. The van der Waals surface area contributed by atoms with Gasteiger partial charge < -0.3 is 16.8 Å². The molecule has 6 nitrogen and oxygen atoms in total. The maximum absolute atomic E-state index is 12.6. The third-order valence-electron chi connectivity index (χ3n) is 6.11. The lowest BCUT2D eigenvalue weighted by Crippen LogP contribution is -2.51. The van der Waals surface area contributed by atoms with E-state index < -0.39 is 5.54 Å². The zero-order chi connectivity index (χ0) is 19.4. The first kappa shape index (κ1) is 19.8. The fourth-order valence-electron chi connectivity index (χ4n) is 4.40. The number of anilines is 1. The summed E-state index contributed by atoms with van der Waals surface area (Å²) in [4.78, 5) is 26.3. The van der Waals surface area contributed by atoms with Crippen LogP contribution in [0.15, 0.2) is 24.3 Å². The predicted molar refractivity (Wildman–Crippen MR) is 107 cm³/mol. The molecular formula is C21H32N4O2. The monoisotopic (exact) mass is 372 g/mol. The van der Waals surface area contributed by atoms with Crippen LogP contribution in [0, 0.1) is 11.8 Å². The molecule has 148 valence electrons. The summed E-state index contributed by atoms with van der Waals surface area (Å²) in [7, 11) is 0. The highest BCUT2D eigenvalue weighted by atomic mass is 16.2. The zero-order valence-corrected chi connectivity index (χ0v) is 16.2. The van der Waals surface area contributed by atoms with Gasteiger partial charge in [0.05, 0.1) is 11.8 Å². The Labute approximate surface area is 161 Å². The van der Waals surface area contributed by atoms with Gasteiger partial charge in [-0.3, -0.25) is 14.5 Å². The number of piperidine rings is 1. The van der Waals surface area contributed by atoms with E-state index in [-0.39, 0.29) is 23.7 Å². The lowest BCUT2D eigenvalue weighted by atomic mass is 9.74. The van der Waals surface area contributed by atoms with Crippen molar-refractivity contribution in [3.8, 4) is 0 Å². The fraction of sp³-hybridized carbons (Fsp3) is 0.619. The van der Waals surface area contributed by atoms with Gasteiger partial charge in [-0.2, -0.15) is 0 Å². The lowest BCUT2D eigenvalue weighted by Gasteiger charge is -2.37. The Hall–Kier alpha value is -1.92. The van der Waals surface area contributed by atoms with Gasteiger partial charge in [0.15, 0.2) is 0 Å². The Bertz CT molecular complexity index is 671. The SMILES string of the molecule is CC1(N)CCCCC1C(=O)Nc1ccc(CN2CCCC(C(N)=O)C2)cc1. The van der Waals surface area contributed by atoms with Crippen LogP contribution in [0.25, 0.3) is 0 Å². The topological polar surface area (TPSA) is 101 Å². The Morgan fingerprint density at radius 1 is 1.19 bits per heavy atom. The first-order chi connectivity index (χ1) is 12.8. The van der Waals surface area contributed by atoms with Crippen molar-refractivity contribution in [2.45, 2.75) is 57.5 Å². The first-order valence-corrected chi connectivity index (χ1v) is 10.1. The summed E-state index contributed by atoms with van der Waals surface area (Å²) in [5.74, 6) is -0.358. The molecule has 3 atom stereocenters. The van der Waals surface area contributed by atoms with Gasteiger partial charge in [-0.1, -0.05) is 25.0 Å². The number of benzene rings is 1. The molecule has 1 aromatic carbocycles. The lowest BCUT2D eigenvalue weighted by molar-refractivity contribution is -0.124. The molecule has 2 amide bonds. The van der Waals surface area contributed by atoms with E-state index in [1.54, 1.807) is 0 Å². The van der Waals surface area contributed by atoms with E-state index >= 15 is 0 Å². The van der Waals surface area contributed by atoms with E-state index in [1.165, 1.54) is 5.56 Å². The molecule has 27 heavy (non-hydrogen) atoms. The summed E-state index contributed by atoms with van der Waals surface area (Å²) in [5, 5.41) is 3.03. The number of hydrogen-bond acceptors (Lipinski definition) is 4. The van der Waals surface area contributed by atoms with E-state index in [0.29, 0.717) is 0 Å². The molecule has 1 aliphatic heterocycles. The van der Waals surface area contributed by atoms with Crippen LogP contribution in [0.3, 0.4) is 0 Å². The summed E-state index contributed by atoms with van der Waals surface area (Å²) in [6.07, 6.45) is 5.79. The Morgan fingerprint density at radius 3 is 2.59 bits per heavy atom. The molecule has 1 aliphatic carbocycles. The molecule has 1 saturated heterocycles. The maximum atomic E-state index is 12.6. The second kappa shape index (κ2) is 8.40. The van der Waals surface area contributed by atoms with Crippen LogP contribution in [-0.4, -0.2) is 35.3 Å². The quantitative estimate of drug-likeness (QED) is 0.737. The standard InChI is InChI=1S/C21H32N4O2/c1-21(23)11-3-2-6-18(21)20(27)24-17-9-7-15(8-10-17)13-25-12-4-5-16(14-25)19(22)26/h7-10,16,18H,2-6,11-14,23H2,1H3,(H2,22,26)(H,24,27). The van der Waals surface area contributed by atoms with Crippen molar-refractivity contribution in [3.05, 3.63) is 29.8 Å². The first-order valence-electron chi connectivity index (χ1n) is 10.1. The molecule has 0 radical (unpaired) electrons. The van der Waals surface area contributed by atoms with Crippen LogP contribution in [0.2, 0.25) is 0 Å². The van der Waals surface area contributed by atoms with Crippen LogP contribution in [0.5, 0.6) is 0 Å². The van der Waals surface area contributed by atoms with Crippen molar-refractivity contribution in [1.29, 1.82) is 0 Å². The summed E-state index contributed by atoms with van der Waals surface area (Å²) < 4.78 is 0. The number of primary amides is 1. The summed E-state index contributed by atoms with van der Waals surface area (Å²) in [5.41, 5.74) is 13.3. The average Bonchev–Trinajstić information content (AvgIpc) is 2.63. The van der Waals surface area contributed by atoms with Crippen molar-refractivity contribution < 1.29 is 9.59 Å². The fourth-order valence-corrected chi connectivity index (χ4v) is 4.40. The summed E-state index contributed by atoms with van der Waals surface area (Å²) in [6.45, 7) is 4.49. The minimum atomic E-state index is -0.423. The number of amides is 2. The molecule has 0 spiro atoms. The Kier molecular flexibility index (Phi) is 6.17. The summed E-state index contributed by atoms with van der Waals surface area (Å²) >= 11 is 0. The van der Waals surface area contributed by atoms with Gasteiger partial charge in [0.2, 0.25) is 11.8 Å². The number of hydrogen-bond donors (Lipinski definition) is 3. The molecule has 0 bridgehead atoms. The van der Waals surface area contributed by atoms with E-state index in [0.717, 1.165) is 63.8 Å². The van der Waals surface area contributed by atoms with Gasteiger partial charge >= 0.3 is 0 Å². The number of nitrogens with zero attached hydrogens (tertiary/aromatic N) is 1. The van der Waals surface area contributed by atoms with Crippen LogP contribution >= 0.6 is 0 Å². The van der Waals surface area contributed by atoms with Crippen LogP contribution in [-0.2, 0) is 16.1 Å². The van der Waals surface area contributed by atoms with Crippen LogP contribution in [0.1, 0.15) is 51.0 Å². The molecule has 3 unspecified atom stereocenters. The van der Waals surface area contributed by atoms with Crippen LogP contribution < -0.4 is 16.8 Å². The number of rotatable bonds is 5. The molecule has 1 saturated carbocycles. The smallest absolute Gasteiger partial charge is 0.229 e. The summed E-state index contributed by atoms with van der Waals surface area (Å²) in [6, 6.07) is 7.96. The van der Waals surface area contributed by atoms with Crippen molar-refractivity contribution in [2.75, 3.05) is 18.4 Å². The van der Waals surface area contributed by atoms with Gasteiger partial charge in [-0.05, 0) is 56.8 Å². The van der Waals surface area contributed by atoms with Crippen molar-refractivity contribution in [1.82, 2.24) is 4.90 Å². The second-order valence-corrected chi connectivity index (χ2v) is 8.47. The predicted octanol–water partition coefficient (Wildman–Crippen LogP) is 2.23. The average molecular weight is 373 g/mol. The highest BCUT2D eigenvalue weighted by Gasteiger charge is 2.37. The van der Waals surface area contributed by atoms with Gasteiger partial charge in [-0.25, -0.2) is 0 Å². The van der Waals surface area contributed by atoms with Crippen molar-refractivity contribution in [2.24, 2.45) is 23.3 Å². The molecule has 2 aliphatic rings. The van der Waals surface area contributed by atoms with Crippen molar-refractivity contribution >= 4 is 17.5 Å². The molecule has 1 aromatic rings. The molecule has 1 heterocycles. The second-order valence-electron chi connectivity index (χ2n) is 8.47. The highest BCUT2D eigenvalue weighted by Crippen LogP contribution is 2.32. The number of nitrogens with one attached hydrogen (secondary N) is 1. The van der Waals surface area contributed by atoms with Gasteiger partial charge in [-0.15, -0.1) is 0 Å². The molecule has 0 aromatic heterocycles. The Morgan fingerprint density at radius 2 is 1.93 bits per heavy atom.